The van der Waals surface area contributed by atoms with Crippen LogP contribution in [0.1, 0.15) is 24.8 Å². The minimum absolute atomic E-state index is 0.401. The van der Waals surface area contributed by atoms with E-state index in [1.54, 1.807) is 0 Å². The molecule has 1 aromatic carbocycles. The van der Waals surface area contributed by atoms with Crippen molar-refractivity contribution < 1.29 is 13.7 Å². The molecule has 0 saturated carbocycles. The molecule has 0 saturated heterocycles. The van der Waals surface area contributed by atoms with Crippen LogP contribution in [0.4, 0.5) is 14.5 Å². The number of benzene rings is 1. The van der Waals surface area contributed by atoms with Crippen molar-refractivity contribution in [2.75, 3.05) is 0 Å². The van der Waals surface area contributed by atoms with Crippen LogP contribution in [-0.2, 0) is 0 Å². The third-order valence-electron chi connectivity index (χ3n) is 2.61. The highest BCUT2D eigenvalue weighted by Gasteiger charge is 2.23. The lowest BCUT2D eigenvalue weighted by atomic mass is 10.0. The lowest BCUT2D eigenvalue weighted by Gasteiger charge is -2.03. The van der Waals surface area contributed by atoms with Crippen LogP contribution >= 0.6 is 0 Å². The number of allylic oxidation sites excluding steroid dienone is 2. The molecule has 16 heavy (non-hydrogen) atoms. The minimum Gasteiger partial charge on any atom is -0.258 e. The van der Waals surface area contributed by atoms with Crippen molar-refractivity contribution in [3.8, 4) is 0 Å². The van der Waals surface area contributed by atoms with Crippen molar-refractivity contribution in [3.05, 3.63) is 45.5 Å². The SMILES string of the molecule is O=[N+]([O-])c1c(F)cc(C2=CCCC2)cc1F. The van der Waals surface area contributed by atoms with Gasteiger partial charge in [0.05, 0.1) is 4.92 Å². The summed E-state index contributed by atoms with van der Waals surface area (Å²) in [5.74, 6) is -2.24. The summed E-state index contributed by atoms with van der Waals surface area (Å²) in [6, 6.07) is 2.05. The van der Waals surface area contributed by atoms with Crippen LogP contribution in [0.2, 0.25) is 0 Å². The monoisotopic (exact) mass is 225 g/mol. The summed E-state index contributed by atoms with van der Waals surface area (Å²) >= 11 is 0. The van der Waals surface area contributed by atoms with Crippen LogP contribution in [-0.4, -0.2) is 4.92 Å². The standard InChI is InChI=1S/C11H9F2NO2/c12-9-5-8(7-3-1-2-4-7)6-10(13)11(9)14(15)16/h3,5-6H,1-2,4H2. The summed E-state index contributed by atoms with van der Waals surface area (Å²) in [4.78, 5) is 9.34. The molecule has 5 heteroatoms. The molecule has 0 spiro atoms. The highest BCUT2D eigenvalue weighted by Crippen LogP contribution is 2.31. The average Bonchev–Trinajstić information content (AvgIpc) is 2.67. The Bertz CT molecular complexity index is 460. The maximum Gasteiger partial charge on any atom is 0.340 e. The van der Waals surface area contributed by atoms with Crippen LogP contribution in [0.3, 0.4) is 0 Å². The summed E-state index contributed by atoms with van der Waals surface area (Å²) < 4.78 is 26.6. The normalized spacial score (nSPS) is 15.0. The fourth-order valence-corrected chi connectivity index (χ4v) is 1.86. The van der Waals surface area contributed by atoms with E-state index in [1.807, 2.05) is 6.08 Å². The highest BCUT2D eigenvalue weighted by molar-refractivity contribution is 5.68. The first-order valence-electron chi connectivity index (χ1n) is 4.92. The quantitative estimate of drug-likeness (QED) is 0.571. The molecule has 1 aromatic rings. The Labute approximate surface area is 90.5 Å². The van der Waals surface area contributed by atoms with Gasteiger partial charge in [0.2, 0.25) is 11.6 Å². The second kappa shape index (κ2) is 4.00. The molecule has 0 fully saturated rings. The van der Waals surface area contributed by atoms with E-state index in [0.29, 0.717) is 5.56 Å². The van der Waals surface area contributed by atoms with Crippen LogP contribution in [0, 0.1) is 21.7 Å². The molecule has 0 N–H and O–H groups in total. The van der Waals surface area contributed by atoms with Crippen LogP contribution in [0.25, 0.3) is 5.57 Å². The summed E-state index contributed by atoms with van der Waals surface area (Å²) in [6.07, 6.45) is 4.50. The third kappa shape index (κ3) is 1.80. The predicted octanol–water partition coefficient (Wildman–Crippen LogP) is 3.44. The molecule has 0 aliphatic heterocycles. The summed E-state index contributed by atoms with van der Waals surface area (Å²) in [6.45, 7) is 0. The molecule has 0 aromatic heterocycles. The molecule has 0 atom stereocenters. The third-order valence-corrected chi connectivity index (χ3v) is 2.61. The second-order valence-corrected chi connectivity index (χ2v) is 3.67. The van der Waals surface area contributed by atoms with Crippen LogP contribution < -0.4 is 0 Å². The molecule has 0 bridgehead atoms. The summed E-state index contributed by atoms with van der Waals surface area (Å²) in [5.41, 5.74) is 0.174. The Kier molecular flexibility index (Phi) is 2.68. The molecular formula is C11H9F2NO2. The van der Waals surface area contributed by atoms with E-state index in [4.69, 9.17) is 0 Å². The van der Waals surface area contributed by atoms with E-state index in [1.165, 1.54) is 0 Å². The van der Waals surface area contributed by atoms with Crippen molar-refractivity contribution in [1.29, 1.82) is 0 Å². The largest absolute Gasteiger partial charge is 0.340 e. The number of nitro groups is 1. The van der Waals surface area contributed by atoms with Gasteiger partial charge in [0.1, 0.15) is 0 Å². The zero-order chi connectivity index (χ0) is 11.7. The number of halogens is 2. The number of hydrogen-bond donors (Lipinski definition) is 0. The average molecular weight is 225 g/mol. The molecule has 1 aliphatic rings. The van der Waals surface area contributed by atoms with Gasteiger partial charge in [0.15, 0.2) is 0 Å². The Balaban J connectivity index is 2.48. The van der Waals surface area contributed by atoms with Gasteiger partial charge in [-0.2, -0.15) is 8.78 Å². The van der Waals surface area contributed by atoms with Crippen molar-refractivity contribution >= 4 is 11.3 Å². The highest BCUT2D eigenvalue weighted by atomic mass is 19.1. The van der Waals surface area contributed by atoms with Crippen molar-refractivity contribution in [2.24, 2.45) is 0 Å². The van der Waals surface area contributed by atoms with Crippen LogP contribution in [0.15, 0.2) is 18.2 Å². The van der Waals surface area contributed by atoms with Crippen LogP contribution in [0.5, 0.6) is 0 Å². The zero-order valence-corrected chi connectivity index (χ0v) is 8.37. The van der Waals surface area contributed by atoms with Gasteiger partial charge in [-0.25, -0.2) is 0 Å². The lowest BCUT2D eigenvalue weighted by molar-refractivity contribution is -0.390. The molecular weight excluding hydrogens is 216 g/mol. The number of rotatable bonds is 2. The Morgan fingerprint density at radius 3 is 2.31 bits per heavy atom. The minimum atomic E-state index is -1.12. The van der Waals surface area contributed by atoms with E-state index in [9.17, 15) is 18.9 Å². The second-order valence-electron chi connectivity index (χ2n) is 3.67. The first kappa shape index (κ1) is 10.7. The van der Waals surface area contributed by atoms with E-state index < -0.39 is 22.2 Å². The molecule has 2 rings (SSSR count). The fraction of sp³-hybridized carbons (Fsp3) is 0.273. The fourth-order valence-electron chi connectivity index (χ4n) is 1.86. The van der Waals surface area contributed by atoms with E-state index >= 15 is 0 Å². The van der Waals surface area contributed by atoms with E-state index in [2.05, 4.69) is 0 Å². The Morgan fingerprint density at radius 1 is 1.25 bits per heavy atom. The Morgan fingerprint density at radius 2 is 1.88 bits per heavy atom. The molecule has 3 nitrogen and oxygen atoms in total. The Hall–Kier alpha value is -1.78. The maximum absolute atomic E-state index is 13.3. The lowest BCUT2D eigenvalue weighted by Crippen LogP contribution is -1.98. The topological polar surface area (TPSA) is 43.1 Å². The number of nitrogens with zero attached hydrogens (tertiary/aromatic N) is 1. The zero-order valence-electron chi connectivity index (χ0n) is 8.37. The van der Waals surface area contributed by atoms with Gasteiger partial charge >= 0.3 is 5.69 Å². The molecule has 84 valence electrons. The van der Waals surface area contributed by atoms with Gasteiger partial charge in [0, 0.05) is 0 Å². The maximum atomic E-state index is 13.3. The molecule has 1 aliphatic carbocycles. The van der Waals surface area contributed by atoms with Gasteiger partial charge < -0.3 is 0 Å². The summed E-state index contributed by atoms with van der Waals surface area (Å²) in [7, 11) is 0. The number of nitro benzene ring substituents is 1. The van der Waals surface area contributed by atoms with Gasteiger partial charge in [-0.1, -0.05) is 6.08 Å². The first-order chi connectivity index (χ1) is 7.59. The van der Waals surface area contributed by atoms with Crippen molar-refractivity contribution in [1.82, 2.24) is 0 Å². The van der Waals surface area contributed by atoms with Crippen molar-refractivity contribution in [3.63, 3.8) is 0 Å². The predicted molar refractivity (Wildman–Crippen MR) is 54.8 cm³/mol. The summed E-state index contributed by atoms with van der Waals surface area (Å²) in [5, 5.41) is 10.4. The van der Waals surface area contributed by atoms with E-state index in [-0.39, 0.29) is 0 Å². The van der Waals surface area contributed by atoms with Gasteiger partial charge in [0.25, 0.3) is 0 Å². The molecule has 0 heterocycles. The van der Waals surface area contributed by atoms with Gasteiger partial charge in [-0.05, 0) is 42.5 Å². The molecule has 0 radical (unpaired) electrons. The smallest absolute Gasteiger partial charge is 0.258 e. The van der Waals surface area contributed by atoms with Crippen molar-refractivity contribution in [2.45, 2.75) is 19.3 Å². The number of hydrogen-bond acceptors (Lipinski definition) is 2. The van der Waals surface area contributed by atoms with E-state index in [0.717, 1.165) is 37.0 Å². The molecule has 0 amide bonds. The molecule has 0 unspecified atom stereocenters. The van der Waals surface area contributed by atoms with Gasteiger partial charge in [-0.15, -0.1) is 0 Å². The van der Waals surface area contributed by atoms with Gasteiger partial charge in [-0.3, -0.25) is 10.1 Å². The first-order valence-corrected chi connectivity index (χ1v) is 4.92.